The summed E-state index contributed by atoms with van der Waals surface area (Å²) in [5, 5.41) is -0.685. The predicted molar refractivity (Wildman–Crippen MR) is 162 cm³/mol. The highest BCUT2D eigenvalue weighted by atomic mass is 35.5. The molecule has 0 atom stereocenters. The lowest BCUT2D eigenvalue weighted by molar-refractivity contribution is -0.187. The van der Waals surface area contributed by atoms with Crippen molar-refractivity contribution < 1.29 is 31.1 Å². The van der Waals surface area contributed by atoms with E-state index in [1.807, 2.05) is 37.3 Å². The minimum Gasteiger partial charge on any atom is -0.429 e. The van der Waals surface area contributed by atoms with Crippen LogP contribution in [-0.2, 0) is 12.5 Å². The van der Waals surface area contributed by atoms with Crippen LogP contribution >= 0.6 is 11.6 Å². The molecule has 0 aromatic heterocycles. The second-order valence-corrected chi connectivity index (χ2v) is 10.5. The molecule has 0 unspecified atom stereocenters. The quantitative estimate of drug-likeness (QED) is 0.0902. The van der Waals surface area contributed by atoms with Gasteiger partial charge in [0.15, 0.2) is 0 Å². The molecule has 0 saturated carbocycles. The molecule has 0 N–H and O–H groups in total. The maximum atomic E-state index is 15.0. The Labute approximate surface area is 256 Å². The fourth-order valence-electron chi connectivity index (χ4n) is 4.77. The van der Waals surface area contributed by atoms with Gasteiger partial charge in [0.25, 0.3) is 0 Å². The first-order valence-corrected chi connectivity index (χ1v) is 14.1. The molecule has 0 bridgehead atoms. The lowest BCUT2D eigenvalue weighted by Gasteiger charge is -2.19. The summed E-state index contributed by atoms with van der Waals surface area (Å²) in [6.45, 7) is 1.96. The summed E-state index contributed by atoms with van der Waals surface area (Å²) >= 11 is 5.51. The molecule has 0 spiro atoms. The Kier molecular flexibility index (Phi) is 9.16. The summed E-state index contributed by atoms with van der Waals surface area (Å²) in [5.41, 5.74) is 2.11. The normalized spacial score (nSPS) is 11.7. The summed E-state index contributed by atoms with van der Waals surface area (Å²) in [5.74, 6) is -4.14. The SMILES string of the molecule is C/C=C/CCc1ccc(-c2ccc(C(F)(F)Oc3ccc(-c4ccc(-c5cc(F)c(Cl)c(F)c5)c(F)c4)cc3)c(F)c2)cc1. The molecule has 5 aromatic carbocycles. The highest BCUT2D eigenvalue weighted by Gasteiger charge is 2.37. The number of halogens is 7. The van der Waals surface area contributed by atoms with Crippen LogP contribution < -0.4 is 4.74 Å². The Morgan fingerprint density at radius 3 is 1.73 bits per heavy atom. The van der Waals surface area contributed by atoms with E-state index in [1.54, 1.807) is 0 Å². The lowest BCUT2D eigenvalue weighted by Crippen LogP contribution is -2.23. The topological polar surface area (TPSA) is 9.23 Å². The second kappa shape index (κ2) is 13.0. The standard InChI is InChI=1S/C36H25ClF6O/c1-2-3-4-5-22-6-8-23(9-7-22)26-13-17-30(32(39)19-26)36(42,43)44-28-14-10-24(11-15-28)25-12-16-29(31(38)18-25)27-20-33(40)35(37)34(41)21-27/h2-3,6-21H,4-5H2,1H3/b3-2+. The maximum Gasteiger partial charge on any atom is 0.429 e. The predicted octanol–water partition coefficient (Wildman–Crippen LogP) is 11.5. The monoisotopic (exact) mass is 622 g/mol. The summed E-state index contributed by atoms with van der Waals surface area (Å²) in [6, 6.07) is 22.2. The van der Waals surface area contributed by atoms with Gasteiger partial charge in [-0.2, -0.15) is 8.78 Å². The van der Waals surface area contributed by atoms with E-state index in [0.29, 0.717) is 22.3 Å². The first-order valence-electron chi connectivity index (χ1n) is 13.7. The van der Waals surface area contributed by atoms with Gasteiger partial charge in [0.05, 0.1) is 5.56 Å². The summed E-state index contributed by atoms with van der Waals surface area (Å²) in [4.78, 5) is 0. The van der Waals surface area contributed by atoms with Crippen molar-refractivity contribution in [3.05, 3.63) is 149 Å². The number of alkyl halides is 2. The lowest BCUT2D eigenvalue weighted by atomic mass is 9.99. The van der Waals surface area contributed by atoms with Crippen LogP contribution in [0.3, 0.4) is 0 Å². The van der Waals surface area contributed by atoms with Crippen LogP contribution in [0.25, 0.3) is 33.4 Å². The fourth-order valence-corrected chi connectivity index (χ4v) is 4.88. The van der Waals surface area contributed by atoms with Gasteiger partial charge in [0, 0.05) is 5.56 Å². The molecule has 0 aliphatic rings. The zero-order valence-corrected chi connectivity index (χ0v) is 24.1. The Bertz CT molecular complexity index is 1790. The van der Waals surface area contributed by atoms with E-state index in [9.17, 15) is 17.6 Å². The van der Waals surface area contributed by atoms with Gasteiger partial charge in [-0.15, -0.1) is 0 Å². The molecule has 0 aliphatic heterocycles. The van der Waals surface area contributed by atoms with Crippen molar-refractivity contribution in [3.8, 4) is 39.1 Å². The average Bonchev–Trinajstić information content (AvgIpc) is 3.00. The molecule has 1 nitrogen and oxygen atoms in total. The highest BCUT2D eigenvalue weighted by molar-refractivity contribution is 6.31. The van der Waals surface area contributed by atoms with Crippen molar-refractivity contribution in [2.45, 2.75) is 25.9 Å². The number of benzene rings is 5. The van der Waals surface area contributed by atoms with Crippen molar-refractivity contribution in [2.24, 2.45) is 0 Å². The van der Waals surface area contributed by atoms with Gasteiger partial charge in [-0.05, 0) is 95.6 Å². The molecule has 224 valence electrons. The number of aryl methyl sites for hydroxylation is 1. The number of hydrogen-bond acceptors (Lipinski definition) is 1. The van der Waals surface area contributed by atoms with Crippen LogP contribution in [0.5, 0.6) is 5.75 Å². The van der Waals surface area contributed by atoms with Gasteiger partial charge in [-0.3, -0.25) is 0 Å². The molecule has 0 fully saturated rings. The summed E-state index contributed by atoms with van der Waals surface area (Å²) in [7, 11) is 0. The second-order valence-electron chi connectivity index (χ2n) is 10.1. The Balaban J connectivity index is 1.29. The van der Waals surface area contributed by atoms with Crippen molar-refractivity contribution in [2.75, 3.05) is 0 Å². The number of ether oxygens (including phenoxy) is 1. The molecular formula is C36H25ClF6O. The average molecular weight is 623 g/mol. The molecule has 0 aliphatic carbocycles. The van der Waals surface area contributed by atoms with E-state index in [4.69, 9.17) is 16.3 Å². The molecule has 5 aromatic rings. The molecule has 8 heteroatoms. The van der Waals surface area contributed by atoms with Crippen LogP contribution in [0.4, 0.5) is 26.3 Å². The molecule has 0 saturated heterocycles. The Morgan fingerprint density at radius 2 is 1.16 bits per heavy atom. The Hall–Kier alpha value is -4.49. The minimum absolute atomic E-state index is 0.0340. The molecule has 44 heavy (non-hydrogen) atoms. The highest BCUT2D eigenvalue weighted by Crippen LogP contribution is 2.36. The third-order valence-corrected chi connectivity index (χ3v) is 7.46. The van der Waals surface area contributed by atoms with Crippen molar-refractivity contribution in [3.63, 3.8) is 0 Å². The molecule has 0 heterocycles. The van der Waals surface area contributed by atoms with Crippen molar-refractivity contribution >= 4 is 11.6 Å². The number of allylic oxidation sites excluding steroid dienone is 2. The van der Waals surface area contributed by atoms with Crippen LogP contribution in [0.1, 0.15) is 24.5 Å². The van der Waals surface area contributed by atoms with Crippen LogP contribution in [-0.4, -0.2) is 0 Å². The molecule has 0 amide bonds. The van der Waals surface area contributed by atoms with E-state index >= 15 is 8.78 Å². The van der Waals surface area contributed by atoms with Gasteiger partial charge in [-0.25, -0.2) is 17.6 Å². The summed E-state index contributed by atoms with van der Waals surface area (Å²) < 4.78 is 92.4. The zero-order valence-electron chi connectivity index (χ0n) is 23.4. The molecular weight excluding hydrogens is 598 g/mol. The Morgan fingerprint density at radius 1 is 0.636 bits per heavy atom. The summed E-state index contributed by atoms with van der Waals surface area (Å²) in [6.07, 6.45) is 1.84. The molecule has 0 radical (unpaired) electrons. The van der Waals surface area contributed by atoms with Gasteiger partial charge >= 0.3 is 6.11 Å². The third kappa shape index (κ3) is 6.84. The van der Waals surface area contributed by atoms with E-state index < -0.39 is 40.0 Å². The van der Waals surface area contributed by atoms with Crippen LogP contribution in [0.15, 0.2) is 109 Å². The van der Waals surface area contributed by atoms with Crippen LogP contribution in [0, 0.1) is 23.3 Å². The van der Waals surface area contributed by atoms with E-state index in [2.05, 4.69) is 6.08 Å². The fraction of sp³-hybridized carbons (Fsp3) is 0.111. The maximum absolute atomic E-state index is 15.0. The zero-order chi connectivity index (χ0) is 31.4. The van der Waals surface area contributed by atoms with Crippen molar-refractivity contribution in [1.82, 2.24) is 0 Å². The van der Waals surface area contributed by atoms with Gasteiger partial charge < -0.3 is 4.74 Å². The van der Waals surface area contributed by atoms with Gasteiger partial charge in [0.1, 0.15) is 34.0 Å². The number of hydrogen-bond donors (Lipinski definition) is 0. The van der Waals surface area contributed by atoms with E-state index in [0.717, 1.165) is 48.7 Å². The first-order chi connectivity index (χ1) is 21.1. The van der Waals surface area contributed by atoms with Crippen molar-refractivity contribution in [1.29, 1.82) is 0 Å². The van der Waals surface area contributed by atoms with Gasteiger partial charge in [0.2, 0.25) is 0 Å². The number of rotatable bonds is 9. The van der Waals surface area contributed by atoms with E-state index in [1.165, 1.54) is 42.5 Å². The minimum atomic E-state index is -3.97. The smallest absolute Gasteiger partial charge is 0.429 e. The third-order valence-electron chi connectivity index (χ3n) is 7.10. The first kappa shape index (κ1) is 31.0. The molecule has 5 rings (SSSR count). The van der Waals surface area contributed by atoms with Gasteiger partial charge in [-0.1, -0.05) is 78.4 Å². The largest absolute Gasteiger partial charge is 0.429 e. The van der Waals surface area contributed by atoms with Crippen LogP contribution in [0.2, 0.25) is 5.02 Å². The van der Waals surface area contributed by atoms with E-state index in [-0.39, 0.29) is 16.9 Å².